The Balaban J connectivity index is 0.000000720. The molecule has 1 aromatic rings. The van der Waals surface area contributed by atoms with Crippen molar-refractivity contribution in [3.63, 3.8) is 0 Å². The molecule has 1 aliphatic rings. The summed E-state index contributed by atoms with van der Waals surface area (Å²) in [7, 11) is 0. The summed E-state index contributed by atoms with van der Waals surface area (Å²) in [6.07, 6.45) is 2.65. The number of aromatic nitrogens is 1. The van der Waals surface area contributed by atoms with Gasteiger partial charge < -0.3 is 10.3 Å². The zero-order valence-electron chi connectivity index (χ0n) is 7.00. The second-order valence-corrected chi connectivity index (χ2v) is 2.73. The van der Waals surface area contributed by atoms with Crippen LogP contribution in [-0.4, -0.2) is 11.5 Å². The minimum atomic E-state index is 0. The van der Waals surface area contributed by atoms with E-state index in [2.05, 4.69) is 10.3 Å². The van der Waals surface area contributed by atoms with E-state index in [1.165, 1.54) is 0 Å². The van der Waals surface area contributed by atoms with Crippen LogP contribution in [0.3, 0.4) is 0 Å². The van der Waals surface area contributed by atoms with Crippen LogP contribution in [0.25, 0.3) is 0 Å². The van der Waals surface area contributed by atoms with Crippen LogP contribution in [0, 0.1) is 0 Å². The number of nitrogens with one attached hydrogen (secondary N) is 2. The van der Waals surface area contributed by atoms with Crippen LogP contribution in [0.15, 0.2) is 17.1 Å². The minimum absolute atomic E-state index is 0. The summed E-state index contributed by atoms with van der Waals surface area (Å²) in [6.45, 7) is 1.68. The number of halogens is 2. The van der Waals surface area contributed by atoms with E-state index in [4.69, 9.17) is 0 Å². The molecular formula is C8H12Cl2N2O. The zero-order chi connectivity index (χ0) is 7.68. The van der Waals surface area contributed by atoms with E-state index in [0.717, 1.165) is 24.2 Å². The fourth-order valence-electron chi connectivity index (χ4n) is 1.40. The van der Waals surface area contributed by atoms with Gasteiger partial charge in [-0.15, -0.1) is 24.8 Å². The van der Waals surface area contributed by atoms with Crippen molar-refractivity contribution in [2.24, 2.45) is 0 Å². The van der Waals surface area contributed by atoms with Gasteiger partial charge in [0.1, 0.15) is 0 Å². The van der Waals surface area contributed by atoms with Gasteiger partial charge in [-0.3, -0.25) is 4.79 Å². The molecule has 3 nitrogen and oxygen atoms in total. The second kappa shape index (κ2) is 5.27. The Morgan fingerprint density at radius 3 is 2.77 bits per heavy atom. The highest BCUT2D eigenvalue weighted by molar-refractivity contribution is 5.85. The molecule has 0 fully saturated rings. The monoisotopic (exact) mass is 222 g/mol. The summed E-state index contributed by atoms with van der Waals surface area (Å²) in [5.41, 5.74) is 2.14. The maximum Gasteiger partial charge on any atom is 0.186 e. The Kier molecular flexibility index (Phi) is 5.06. The van der Waals surface area contributed by atoms with Gasteiger partial charge in [0.05, 0.1) is 0 Å². The Morgan fingerprint density at radius 1 is 1.31 bits per heavy atom. The van der Waals surface area contributed by atoms with Gasteiger partial charge in [-0.05, 0) is 0 Å². The van der Waals surface area contributed by atoms with Gasteiger partial charge >= 0.3 is 0 Å². The van der Waals surface area contributed by atoms with Crippen molar-refractivity contribution in [3.8, 4) is 0 Å². The predicted octanol–water partition coefficient (Wildman–Crippen LogP) is 0.864. The first-order valence-corrected chi connectivity index (χ1v) is 3.78. The summed E-state index contributed by atoms with van der Waals surface area (Å²) in [6, 6.07) is 1.58. The molecule has 0 atom stereocenters. The van der Waals surface area contributed by atoms with Crippen molar-refractivity contribution in [3.05, 3.63) is 33.7 Å². The number of hydrogen-bond donors (Lipinski definition) is 2. The van der Waals surface area contributed by atoms with Crippen molar-refractivity contribution < 1.29 is 0 Å². The normalized spacial score (nSPS) is 13.5. The molecule has 0 bridgehead atoms. The third-order valence-electron chi connectivity index (χ3n) is 2.01. The lowest BCUT2D eigenvalue weighted by Gasteiger charge is -2.14. The van der Waals surface area contributed by atoms with E-state index in [1.807, 2.05) is 0 Å². The lowest BCUT2D eigenvalue weighted by atomic mass is 10.1. The molecule has 1 aliphatic heterocycles. The molecule has 74 valence electrons. The summed E-state index contributed by atoms with van der Waals surface area (Å²) in [4.78, 5) is 14.3. The largest absolute Gasteiger partial charge is 0.364 e. The van der Waals surface area contributed by atoms with E-state index in [1.54, 1.807) is 12.3 Å². The Labute approximate surface area is 88.8 Å². The van der Waals surface area contributed by atoms with Crippen molar-refractivity contribution in [2.75, 3.05) is 6.54 Å². The summed E-state index contributed by atoms with van der Waals surface area (Å²) < 4.78 is 0. The first-order chi connectivity index (χ1) is 5.38. The summed E-state index contributed by atoms with van der Waals surface area (Å²) in [5.74, 6) is 0. The van der Waals surface area contributed by atoms with Gasteiger partial charge in [0.25, 0.3) is 0 Å². The number of aromatic amines is 1. The molecule has 0 aliphatic carbocycles. The van der Waals surface area contributed by atoms with E-state index >= 15 is 0 Å². The van der Waals surface area contributed by atoms with Crippen LogP contribution in [0.4, 0.5) is 0 Å². The molecule has 0 unspecified atom stereocenters. The number of hydrogen-bond acceptors (Lipinski definition) is 2. The average Bonchev–Trinajstić information content (AvgIpc) is 2.06. The van der Waals surface area contributed by atoms with Gasteiger partial charge in [0.15, 0.2) is 5.43 Å². The third-order valence-corrected chi connectivity index (χ3v) is 2.01. The van der Waals surface area contributed by atoms with Crippen LogP contribution in [0.5, 0.6) is 0 Å². The lowest BCUT2D eigenvalue weighted by molar-refractivity contribution is 0.626. The first kappa shape index (κ1) is 12.5. The standard InChI is InChI=1S/C8H10N2O.2ClH/c11-8-2-4-10-7-1-3-9-5-6(7)8;;/h2,4,9H,1,3,5H2,(H,10,11);2*1H. The average molecular weight is 223 g/mol. The molecule has 0 radical (unpaired) electrons. The van der Waals surface area contributed by atoms with Crippen molar-refractivity contribution in [1.82, 2.24) is 10.3 Å². The van der Waals surface area contributed by atoms with Gasteiger partial charge in [-0.1, -0.05) is 0 Å². The molecule has 2 rings (SSSR count). The number of pyridine rings is 1. The maximum absolute atomic E-state index is 11.2. The topological polar surface area (TPSA) is 44.9 Å². The van der Waals surface area contributed by atoms with E-state index in [0.29, 0.717) is 6.54 Å². The fourth-order valence-corrected chi connectivity index (χ4v) is 1.40. The molecule has 0 aromatic carbocycles. The maximum atomic E-state index is 11.2. The second-order valence-electron chi connectivity index (χ2n) is 2.73. The van der Waals surface area contributed by atoms with Gasteiger partial charge in [-0.25, -0.2) is 0 Å². The lowest BCUT2D eigenvalue weighted by Crippen LogP contribution is -2.29. The molecule has 13 heavy (non-hydrogen) atoms. The fraction of sp³-hybridized carbons (Fsp3) is 0.375. The molecule has 1 aromatic heterocycles. The van der Waals surface area contributed by atoms with E-state index in [9.17, 15) is 4.79 Å². The molecule has 0 saturated carbocycles. The van der Waals surface area contributed by atoms with Crippen LogP contribution in [0.2, 0.25) is 0 Å². The van der Waals surface area contributed by atoms with Crippen molar-refractivity contribution in [1.29, 1.82) is 0 Å². The molecule has 0 saturated heterocycles. The number of fused-ring (bicyclic) bond motifs is 1. The highest BCUT2D eigenvalue weighted by atomic mass is 35.5. The van der Waals surface area contributed by atoms with Crippen LogP contribution < -0.4 is 10.7 Å². The van der Waals surface area contributed by atoms with Gasteiger partial charge in [-0.2, -0.15) is 0 Å². The van der Waals surface area contributed by atoms with Crippen LogP contribution in [-0.2, 0) is 13.0 Å². The summed E-state index contributed by atoms with van der Waals surface area (Å²) in [5, 5.41) is 3.16. The summed E-state index contributed by atoms with van der Waals surface area (Å²) >= 11 is 0. The highest BCUT2D eigenvalue weighted by Crippen LogP contribution is 2.04. The zero-order valence-corrected chi connectivity index (χ0v) is 8.63. The Morgan fingerprint density at radius 2 is 2.08 bits per heavy atom. The van der Waals surface area contributed by atoms with Gasteiger partial charge in [0, 0.05) is 43.0 Å². The molecule has 2 N–H and O–H groups in total. The van der Waals surface area contributed by atoms with Crippen molar-refractivity contribution >= 4 is 24.8 Å². The molecule has 0 amide bonds. The highest BCUT2D eigenvalue weighted by Gasteiger charge is 2.10. The quantitative estimate of drug-likeness (QED) is 0.685. The Hall–Kier alpha value is -0.510. The number of rotatable bonds is 0. The molecule has 5 heteroatoms. The molecule has 0 spiro atoms. The van der Waals surface area contributed by atoms with Gasteiger partial charge in [0.2, 0.25) is 0 Å². The predicted molar refractivity (Wildman–Crippen MR) is 57.0 cm³/mol. The molecular weight excluding hydrogens is 211 g/mol. The van der Waals surface area contributed by atoms with E-state index < -0.39 is 0 Å². The minimum Gasteiger partial charge on any atom is -0.364 e. The smallest absolute Gasteiger partial charge is 0.186 e. The first-order valence-electron chi connectivity index (χ1n) is 3.78. The number of H-pyrrole nitrogens is 1. The van der Waals surface area contributed by atoms with Crippen LogP contribution >= 0.6 is 24.8 Å². The Bertz CT molecular complexity index is 324. The van der Waals surface area contributed by atoms with Crippen LogP contribution in [0.1, 0.15) is 11.3 Å². The van der Waals surface area contributed by atoms with Crippen molar-refractivity contribution in [2.45, 2.75) is 13.0 Å². The van der Waals surface area contributed by atoms with E-state index in [-0.39, 0.29) is 30.2 Å². The molecule has 2 heterocycles. The third kappa shape index (κ3) is 2.46. The SMILES string of the molecule is Cl.Cl.O=c1cc[nH]c2c1CNCC2.